The molecule has 0 fully saturated rings. The molecule has 136 valence electrons. The smallest absolute Gasteiger partial charge is 0.293 e. The molecule has 5 heteroatoms. The summed E-state index contributed by atoms with van der Waals surface area (Å²) in [6.07, 6.45) is 3.24. The largest absolute Gasteiger partial charge is 0.459 e. The highest BCUT2D eigenvalue weighted by molar-refractivity contribution is 6.06. The second-order valence-electron chi connectivity index (χ2n) is 6.70. The molecule has 2 heterocycles. The molecule has 0 aliphatic carbocycles. The molecule has 5 nitrogen and oxygen atoms in total. The number of amides is 2. The van der Waals surface area contributed by atoms with E-state index in [0.717, 1.165) is 35.3 Å². The van der Waals surface area contributed by atoms with Gasteiger partial charge in [-0.05, 0) is 67.8 Å². The van der Waals surface area contributed by atoms with E-state index in [1.807, 2.05) is 49.4 Å². The lowest BCUT2D eigenvalue weighted by atomic mass is 10.0. The summed E-state index contributed by atoms with van der Waals surface area (Å²) >= 11 is 0. The first-order valence-electron chi connectivity index (χ1n) is 8.98. The normalized spacial score (nSPS) is 13.1. The highest BCUT2D eigenvalue weighted by atomic mass is 16.3. The van der Waals surface area contributed by atoms with Gasteiger partial charge in [0.15, 0.2) is 5.76 Å². The Morgan fingerprint density at radius 2 is 1.89 bits per heavy atom. The van der Waals surface area contributed by atoms with Crippen molar-refractivity contribution in [1.29, 1.82) is 0 Å². The predicted molar refractivity (Wildman–Crippen MR) is 104 cm³/mol. The van der Waals surface area contributed by atoms with Crippen molar-refractivity contribution in [3.05, 3.63) is 83.3 Å². The Morgan fingerprint density at radius 3 is 2.63 bits per heavy atom. The van der Waals surface area contributed by atoms with Gasteiger partial charge in [-0.1, -0.05) is 17.7 Å². The number of nitrogens with one attached hydrogen (secondary N) is 1. The monoisotopic (exact) mass is 360 g/mol. The van der Waals surface area contributed by atoms with E-state index in [1.54, 1.807) is 17.0 Å². The standard InChI is InChI=1S/C22H20N2O3/c1-15-6-8-16(9-7-15)21(25)23-18-10-11-19-17(14-18)4-2-12-24(19)22(26)20-5-3-13-27-20/h3,5-11,13-14H,2,4,12H2,1H3,(H,23,25). The molecule has 2 aromatic carbocycles. The van der Waals surface area contributed by atoms with Crippen molar-refractivity contribution in [2.45, 2.75) is 19.8 Å². The summed E-state index contributed by atoms with van der Waals surface area (Å²) < 4.78 is 5.25. The molecule has 0 saturated carbocycles. The van der Waals surface area contributed by atoms with E-state index in [4.69, 9.17) is 4.42 Å². The van der Waals surface area contributed by atoms with Crippen LogP contribution < -0.4 is 10.2 Å². The van der Waals surface area contributed by atoms with Gasteiger partial charge < -0.3 is 14.6 Å². The number of furan rings is 1. The number of aryl methyl sites for hydroxylation is 2. The summed E-state index contributed by atoms with van der Waals surface area (Å²) in [6.45, 7) is 2.64. The number of carbonyl (C=O) groups is 2. The zero-order chi connectivity index (χ0) is 18.8. The molecule has 1 aromatic heterocycles. The van der Waals surface area contributed by atoms with E-state index in [-0.39, 0.29) is 11.8 Å². The summed E-state index contributed by atoms with van der Waals surface area (Å²) in [7, 11) is 0. The summed E-state index contributed by atoms with van der Waals surface area (Å²) in [4.78, 5) is 26.8. The first kappa shape index (κ1) is 17.1. The van der Waals surface area contributed by atoms with E-state index in [2.05, 4.69) is 5.32 Å². The fraction of sp³-hybridized carbons (Fsp3) is 0.182. The van der Waals surface area contributed by atoms with Crippen LogP contribution in [-0.4, -0.2) is 18.4 Å². The van der Waals surface area contributed by atoms with Crippen molar-refractivity contribution >= 4 is 23.2 Å². The third-order valence-electron chi connectivity index (χ3n) is 4.75. The highest BCUT2D eigenvalue weighted by Gasteiger charge is 2.25. The van der Waals surface area contributed by atoms with Gasteiger partial charge in [-0.15, -0.1) is 0 Å². The number of hydrogen-bond acceptors (Lipinski definition) is 3. The van der Waals surface area contributed by atoms with Crippen molar-refractivity contribution in [3.63, 3.8) is 0 Å². The van der Waals surface area contributed by atoms with Gasteiger partial charge in [0.05, 0.1) is 6.26 Å². The number of fused-ring (bicyclic) bond motifs is 1. The molecular formula is C22H20N2O3. The van der Waals surface area contributed by atoms with Crippen LogP contribution in [0.2, 0.25) is 0 Å². The maximum Gasteiger partial charge on any atom is 0.293 e. The number of carbonyl (C=O) groups excluding carboxylic acids is 2. The zero-order valence-corrected chi connectivity index (χ0v) is 15.1. The van der Waals surface area contributed by atoms with E-state index in [0.29, 0.717) is 17.9 Å². The van der Waals surface area contributed by atoms with Crippen LogP contribution >= 0.6 is 0 Å². The van der Waals surface area contributed by atoms with Crippen molar-refractivity contribution in [2.75, 3.05) is 16.8 Å². The minimum atomic E-state index is -0.144. The molecule has 4 rings (SSSR count). The molecule has 1 aliphatic heterocycles. The molecule has 0 atom stereocenters. The fourth-order valence-electron chi connectivity index (χ4n) is 3.33. The summed E-state index contributed by atoms with van der Waals surface area (Å²) in [5, 5.41) is 2.94. The lowest BCUT2D eigenvalue weighted by molar-refractivity contribution is 0.0957. The molecule has 3 aromatic rings. The van der Waals surface area contributed by atoms with Crippen LogP contribution in [0.5, 0.6) is 0 Å². The molecule has 27 heavy (non-hydrogen) atoms. The fourth-order valence-corrected chi connectivity index (χ4v) is 3.33. The van der Waals surface area contributed by atoms with Gasteiger partial charge in [0.2, 0.25) is 0 Å². The minimum Gasteiger partial charge on any atom is -0.459 e. The molecule has 0 radical (unpaired) electrons. The first-order chi connectivity index (χ1) is 13.1. The maximum absolute atomic E-state index is 12.7. The summed E-state index contributed by atoms with van der Waals surface area (Å²) in [5.41, 5.74) is 4.38. The van der Waals surface area contributed by atoms with Gasteiger partial charge in [-0.2, -0.15) is 0 Å². The number of hydrogen-bond donors (Lipinski definition) is 1. The maximum atomic E-state index is 12.7. The molecule has 1 aliphatic rings. The van der Waals surface area contributed by atoms with Crippen LogP contribution in [0.3, 0.4) is 0 Å². The average Bonchev–Trinajstić information content (AvgIpc) is 3.22. The number of benzene rings is 2. The number of rotatable bonds is 3. The Kier molecular flexibility index (Phi) is 4.50. The Labute approximate surface area is 157 Å². The van der Waals surface area contributed by atoms with Crippen LogP contribution in [0.1, 0.15) is 38.5 Å². The van der Waals surface area contributed by atoms with Crippen LogP contribution in [0.25, 0.3) is 0 Å². The molecule has 0 saturated heterocycles. The third kappa shape index (κ3) is 3.49. The molecule has 2 amide bonds. The predicted octanol–water partition coefficient (Wildman–Crippen LogP) is 4.43. The van der Waals surface area contributed by atoms with Crippen molar-refractivity contribution in [2.24, 2.45) is 0 Å². The van der Waals surface area contributed by atoms with Crippen LogP contribution in [-0.2, 0) is 6.42 Å². The van der Waals surface area contributed by atoms with Gasteiger partial charge in [0.25, 0.3) is 11.8 Å². The van der Waals surface area contributed by atoms with Gasteiger partial charge in [-0.25, -0.2) is 0 Å². The van der Waals surface area contributed by atoms with Crippen molar-refractivity contribution in [1.82, 2.24) is 0 Å². The zero-order valence-electron chi connectivity index (χ0n) is 15.1. The lowest BCUT2D eigenvalue weighted by Gasteiger charge is -2.29. The van der Waals surface area contributed by atoms with Gasteiger partial charge in [0.1, 0.15) is 0 Å². The first-order valence-corrected chi connectivity index (χ1v) is 8.98. The third-order valence-corrected chi connectivity index (χ3v) is 4.75. The second-order valence-corrected chi connectivity index (χ2v) is 6.70. The number of anilines is 2. The molecule has 0 spiro atoms. The Bertz CT molecular complexity index is 975. The summed E-state index contributed by atoms with van der Waals surface area (Å²) in [6, 6.07) is 16.5. The van der Waals surface area contributed by atoms with Crippen molar-refractivity contribution in [3.8, 4) is 0 Å². The molecule has 0 bridgehead atoms. The number of nitrogens with zero attached hydrogens (tertiary/aromatic N) is 1. The van der Waals surface area contributed by atoms with E-state index in [1.165, 1.54) is 6.26 Å². The Balaban J connectivity index is 1.55. The SMILES string of the molecule is Cc1ccc(C(=O)Nc2ccc3c(c2)CCCN3C(=O)c2ccco2)cc1. The van der Waals surface area contributed by atoms with Gasteiger partial charge in [0, 0.05) is 23.5 Å². The van der Waals surface area contributed by atoms with Crippen molar-refractivity contribution < 1.29 is 14.0 Å². The van der Waals surface area contributed by atoms with E-state index < -0.39 is 0 Å². The van der Waals surface area contributed by atoms with E-state index in [9.17, 15) is 9.59 Å². The minimum absolute atomic E-state index is 0.141. The van der Waals surface area contributed by atoms with Crippen LogP contribution in [0.4, 0.5) is 11.4 Å². The Hall–Kier alpha value is -3.34. The second kappa shape index (κ2) is 7.11. The van der Waals surface area contributed by atoms with E-state index >= 15 is 0 Å². The van der Waals surface area contributed by atoms with Crippen LogP contribution in [0.15, 0.2) is 65.3 Å². The topological polar surface area (TPSA) is 62.6 Å². The van der Waals surface area contributed by atoms with Crippen LogP contribution in [0, 0.1) is 6.92 Å². The van der Waals surface area contributed by atoms with Gasteiger partial charge >= 0.3 is 0 Å². The Morgan fingerprint density at radius 1 is 1.07 bits per heavy atom. The summed E-state index contributed by atoms with van der Waals surface area (Å²) in [5.74, 6) is 0.0475. The molecule has 1 N–H and O–H groups in total. The quantitative estimate of drug-likeness (QED) is 0.751. The van der Waals surface area contributed by atoms with Gasteiger partial charge in [-0.3, -0.25) is 9.59 Å². The average molecular weight is 360 g/mol. The molecule has 0 unspecified atom stereocenters. The molecular weight excluding hydrogens is 340 g/mol. The lowest BCUT2D eigenvalue weighted by Crippen LogP contribution is -2.35. The highest BCUT2D eigenvalue weighted by Crippen LogP contribution is 2.31.